The monoisotopic (exact) mass is 241 g/mol. The number of nitrogens with one attached hydrogen (secondary N) is 1. The number of ether oxygens (including phenoxy) is 1. The molecule has 1 unspecified atom stereocenters. The van der Waals surface area contributed by atoms with Gasteiger partial charge >= 0.3 is 0 Å². The minimum atomic E-state index is 0.370. The van der Waals surface area contributed by atoms with Crippen molar-refractivity contribution in [3.05, 3.63) is 0 Å². The Morgan fingerprint density at radius 3 is 2.41 bits per heavy atom. The van der Waals surface area contributed by atoms with Crippen molar-refractivity contribution < 1.29 is 4.74 Å². The van der Waals surface area contributed by atoms with Crippen LogP contribution >= 0.6 is 0 Å². The topological polar surface area (TPSA) is 21.3 Å². The molecule has 1 atom stereocenters. The largest absolute Gasteiger partial charge is 0.384 e. The van der Waals surface area contributed by atoms with Crippen LogP contribution in [-0.4, -0.2) is 26.8 Å². The maximum Gasteiger partial charge on any atom is 0.0533 e. The first-order valence-electron chi connectivity index (χ1n) is 7.34. The van der Waals surface area contributed by atoms with E-state index < -0.39 is 0 Å². The third-order valence-electron chi connectivity index (χ3n) is 4.19. The number of hydrogen-bond donors (Lipinski definition) is 1. The van der Waals surface area contributed by atoms with Crippen LogP contribution < -0.4 is 5.32 Å². The van der Waals surface area contributed by atoms with E-state index in [0.29, 0.717) is 5.41 Å². The van der Waals surface area contributed by atoms with Gasteiger partial charge in [-0.3, -0.25) is 0 Å². The van der Waals surface area contributed by atoms with Crippen molar-refractivity contribution >= 4 is 0 Å². The van der Waals surface area contributed by atoms with E-state index in [9.17, 15) is 0 Å². The molecule has 0 bridgehead atoms. The van der Waals surface area contributed by atoms with Gasteiger partial charge in [-0.25, -0.2) is 0 Å². The second-order valence-corrected chi connectivity index (χ2v) is 6.16. The molecule has 102 valence electrons. The summed E-state index contributed by atoms with van der Waals surface area (Å²) in [4.78, 5) is 0. The summed E-state index contributed by atoms with van der Waals surface area (Å²) in [5.74, 6) is 1.62. The molecule has 1 saturated carbocycles. The molecule has 17 heavy (non-hydrogen) atoms. The Bertz CT molecular complexity index is 199. The number of hydrogen-bond acceptors (Lipinski definition) is 2. The Labute approximate surface area is 108 Å². The Kier molecular flexibility index (Phi) is 6.50. The molecule has 1 aliphatic carbocycles. The fourth-order valence-corrected chi connectivity index (χ4v) is 3.62. The predicted octanol–water partition coefficient (Wildman–Crippen LogP) is 3.47. The molecule has 2 nitrogen and oxygen atoms in total. The normalized spacial score (nSPS) is 21.0. The van der Waals surface area contributed by atoms with Crippen LogP contribution in [0, 0.1) is 17.3 Å². The van der Waals surface area contributed by atoms with E-state index in [4.69, 9.17) is 4.74 Å². The van der Waals surface area contributed by atoms with Crippen LogP contribution in [0.25, 0.3) is 0 Å². The SMILES string of the molecule is CCNCC(COC)(CC(C)C)C1CCCC1. The third-order valence-corrected chi connectivity index (χ3v) is 4.19. The highest BCUT2D eigenvalue weighted by atomic mass is 16.5. The average molecular weight is 241 g/mol. The molecule has 1 rings (SSSR count). The lowest BCUT2D eigenvalue weighted by atomic mass is 9.69. The third kappa shape index (κ3) is 4.26. The summed E-state index contributed by atoms with van der Waals surface area (Å²) in [6, 6.07) is 0. The summed E-state index contributed by atoms with van der Waals surface area (Å²) < 4.78 is 5.58. The Hall–Kier alpha value is -0.0800. The highest BCUT2D eigenvalue weighted by molar-refractivity contribution is 4.91. The van der Waals surface area contributed by atoms with Crippen LogP contribution in [0.3, 0.4) is 0 Å². The average Bonchev–Trinajstić information content (AvgIpc) is 2.79. The molecule has 0 radical (unpaired) electrons. The molecular formula is C15H31NO. The first kappa shape index (κ1) is 15.0. The van der Waals surface area contributed by atoms with Crippen molar-refractivity contribution in [1.29, 1.82) is 0 Å². The standard InChI is InChI=1S/C15H31NO/c1-5-16-11-15(12-17-4,10-13(2)3)14-8-6-7-9-14/h13-14,16H,5-12H2,1-4H3. The van der Waals surface area contributed by atoms with Crippen LogP contribution in [0.1, 0.15) is 52.9 Å². The van der Waals surface area contributed by atoms with Gasteiger partial charge in [0.2, 0.25) is 0 Å². The molecule has 0 saturated heterocycles. The molecule has 1 N–H and O–H groups in total. The van der Waals surface area contributed by atoms with Gasteiger partial charge in [-0.15, -0.1) is 0 Å². The van der Waals surface area contributed by atoms with Crippen molar-refractivity contribution in [2.75, 3.05) is 26.8 Å². The Morgan fingerprint density at radius 1 is 1.29 bits per heavy atom. The van der Waals surface area contributed by atoms with Crippen LogP contribution in [-0.2, 0) is 4.74 Å². The van der Waals surface area contributed by atoms with Gasteiger partial charge in [-0.05, 0) is 37.6 Å². The van der Waals surface area contributed by atoms with Crippen molar-refractivity contribution in [3.63, 3.8) is 0 Å². The van der Waals surface area contributed by atoms with Crippen molar-refractivity contribution in [2.45, 2.75) is 52.9 Å². The maximum atomic E-state index is 5.58. The highest BCUT2D eigenvalue weighted by Crippen LogP contribution is 2.44. The second-order valence-electron chi connectivity index (χ2n) is 6.16. The minimum absolute atomic E-state index is 0.370. The first-order valence-corrected chi connectivity index (χ1v) is 7.34. The maximum absolute atomic E-state index is 5.58. The summed E-state index contributed by atoms with van der Waals surface area (Å²) in [6.45, 7) is 9.98. The Balaban J connectivity index is 2.74. The van der Waals surface area contributed by atoms with Gasteiger partial charge < -0.3 is 10.1 Å². The van der Waals surface area contributed by atoms with E-state index in [2.05, 4.69) is 26.1 Å². The molecule has 0 aliphatic heterocycles. The van der Waals surface area contributed by atoms with Gasteiger partial charge in [0.1, 0.15) is 0 Å². The summed E-state index contributed by atoms with van der Waals surface area (Å²) in [5.41, 5.74) is 0.370. The molecule has 0 aromatic carbocycles. The van der Waals surface area contributed by atoms with Gasteiger partial charge in [0.05, 0.1) is 6.61 Å². The van der Waals surface area contributed by atoms with Crippen molar-refractivity contribution in [3.8, 4) is 0 Å². The molecule has 0 aromatic heterocycles. The highest BCUT2D eigenvalue weighted by Gasteiger charge is 2.40. The lowest BCUT2D eigenvalue weighted by molar-refractivity contribution is 0.0159. The summed E-state index contributed by atoms with van der Waals surface area (Å²) >= 11 is 0. The lowest BCUT2D eigenvalue weighted by Crippen LogP contribution is -2.44. The molecule has 0 heterocycles. The first-order chi connectivity index (χ1) is 8.14. The van der Waals surface area contributed by atoms with Crippen molar-refractivity contribution in [1.82, 2.24) is 5.32 Å². The lowest BCUT2D eigenvalue weighted by Gasteiger charge is -2.40. The fraction of sp³-hybridized carbons (Fsp3) is 1.00. The van der Waals surface area contributed by atoms with Gasteiger partial charge in [-0.1, -0.05) is 33.6 Å². The van der Waals surface area contributed by atoms with Crippen LogP contribution in [0.4, 0.5) is 0 Å². The van der Waals surface area contributed by atoms with E-state index >= 15 is 0 Å². The zero-order chi connectivity index (χ0) is 12.7. The van der Waals surface area contributed by atoms with E-state index in [1.165, 1.54) is 32.1 Å². The minimum Gasteiger partial charge on any atom is -0.384 e. The van der Waals surface area contributed by atoms with E-state index in [-0.39, 0.29) is 0 Å². The molecule has 0 spiro atoms. The second kappa shape index (κ2) is 7.38. The predicted molar refractivity (Wildman–Crippen MR) is 74.3 cm³/mol. The molecule has 0 aromatic rings. The molecule has 0 amide bonds. The van der Waals surface area contributed by atoms with Crippen molar-refractivity contribution in [2.24, 2.45) is 17.3 Å². The van der Waals surface area contributed by atoms with Crippen LogP contribution in [0.2, 0.25) is 0 Å². The summed E-state index contributed by atoms with van der Waals surface area (Å²) in [7, 11) is 1.86. The molecule has 1 aliphatic rings. The number of rotatable bonds is 8. The Morgan fingerprint density at radius 2 is 1.94 bits per heavy atom. The van der Waals surface area contributed by atoms with Gasteiger partial charge in [0, 0.05) is 19.1 Å². The molecule has 2 heteroatoms. The van der Waals surface area contributed by atoms with E-state index in [0.717, 1.165) is 31.5 Å². The van der Waals surface area contributed by atoms with E-state index in [1.54, 1.807) is 0 Å². The molecular weight excluding hydrogens is 210 g/mol. The summed E-state index contributed by atoms with van der Waals surface area (Å²) in [5, 5.41) is 3.58. The fourth-order valence-electron chi connectivity index (χ4n) is 3.62. The van der Waals surface area contributed by atoms with Gasteiger partial charge in [-0.2, -0.15) is 0 Å². The molecule has 1 fully saturated rings. The zero-order valence-corrected chi connectivity index (χ0v) is 12.2. The van der Waals surface area contributed by atoms with Crippen LogP contribution in [0.5, 0.6) is 0 Å². The van der Waals surface area contributed by atoms with E-state index in [1.807, 2.05) is 7.11 Å². The summed E-state index contributed by atoms with van der Waals surface area (Å²) in [6.07, 6.45) is 6.93. The zero-order valence-electron chi connectivity index (χ0n) is 12.2. The van der Waals surface area contributed by atoms with Gasteiger partial charge in [0.25, 0.3) is 0 Å². The quantitative estimate of drug-likeness (QED) is 0.702. The number of methoxy groups -OCH3 is 1. The van der Waals surface area contributed by atoms with Gasteiger partial charge in [0.15, 0.2) is 0 Å². The van der Waals surface area contributed by atoms with Crippen LogP contribution in [0.15, 0.2) is 0 Å². The smallest absolute Gasteiger partial charge is 0.0533 e.